The second kappa shape index (κ2) is 15.4. The molecule has 1 aliphatic rings. The maximum absolute atomic E-state index is 12.9. The fourth-order valence-corrected chi connectivity index (χ4v) is 5.18. The summed E-state index contributed by atoms with van der Waals surface area (Å²) in [5, 5.41) is 3.41. The van der Waals surface area contributed by atoms with Gasteiger partial charge in [0.15, 0.2) is 0 Å². The summed E-state index contributed by atoms with van der Waals surface area (Å²) in [7, 11) is 0. The van der Waals surface area contributed by atoms with Gasteiger partial charge < -0.3 is 24.7 Å². The Kier molecular flexibility index (Phi) is 10.9. The van der Waals surface area contributed by atoms with Crippen molar-refractivity contribution in [2.24, 2.45) is 5.73 Å². The molecule has 0 aliphatic carbocycles. The molecule has 7 nitrogen and oxygen atoms in total. The summed E-state index contributed by atoms with van der Waals surface area (Å²) in [6, 6.07) is 38.5. The number of benzene rings is 4. The van der Waals surface area contributed by atoms with Gasteiger partial charge in [0.2, 0.25) is 5.91 Å². The van der Waals surface area contributed by atoms with Gasteiger partial charge in [-0.25, -0.2) is 0 Å². The van der Waals surface area contributed by atoms with E-state index in [0.29, 0.717) is 26.4 Å². The quantitative estimate of drug-likeness (QED) is 0.228. The fourth-order valence-electron chi connectivity index (χ4n) is 5.18. The number of carbonyl (C=O) groups excluding carboxylic acids is 1. The largest absolute Gasteiger partial charge is 0.375 e. The van der Waals surface area contributed by atoms with Gasteiger partial charge in [-0.15, -0.1) is 0 Å². The van der Waals surface area contributed by atoms with Gasteiger partial charge in [-0.3, -0.25) is 10.1 Å². The zero-order valence-corrected chi connectivity index (χ0v) is 23.6. The molecule has 4 aromatic rings. The van der Waals surface area contributed by atoms with Crippen LogP contribution >= 0.6 is 0 Å². The van der Waals surface area contributed by atoms with Gasteiger partial charge in [-0.1, -0.05) is 121 Å². The second-order valence-electron chi connectivity index (χ2n) is 10.4. The monoisotopic (exact) mass is 566 g/mol. The van der Waals surface area contributed by atoms with Gasteiger partial charge >= 0.3 is 0 Å². The van der Waals surface area contributed by atoms with Crippen LogP contribution in [-0.2, 0) is 50.2 Å². The van der Waals surface area contributed by atoms with Crippen LogP contribution in [0.3, 0.4) is 0 Å². The predicted octanol–water partition coefficient (Wildman–Crippen LogP) is 4.79. The molecule has 42 heavy (non-hydrogen) atoms. The van der Waals surface area contributed by atoms with E-state index in [4.69, 9.17) is 24.7 Å². The van der Waals surface area contributed by atoms with E-state index in [1.807, 2.05) is 121 Å². The van der Waals surface area contributed by atoms with Crippen molar-refractivity contribution in [3.05, 3.63) is 144 Å². The molecular formula is C35H38N2O5. The standard InChI is InChI=1S/C35H38N2O5/c36-35(38)31-33(41-23-28-17-9-3-10-18-28)34(42-24-29-19-11-4-12-20-29)32(40-22-27-15-7-2-8-16-27)30(37-31)25-39-21-26-13-5-1-6-14-26/h1-20,30-34,37H,21-25H2,(H2,36,38)/t30-,31+,32-,33+,34+/m1/s1. The van der Waals surface area contributed by atoms with Crippen LogP contribution in [-0.4, -0.2) is 42.9 Å². The normalized spacial score (nSPS) is 22.0. The summed E-state index contributed by atoms with van der Waals surface area (Å²) in [6.45, 7) is 1.69. The average molecular weight is 567 g/mol. The first kappa shape index (κ1) is 29.6. The lowest BCUT2D eigenvalue weighted by molar-refractivity contribution is -0.195. The molecule has 5 atom stereocenters. The van der Waals surface area contributed by atoms with Crippen molar-refractivity contribution in [2.75, 3.05) is 6.61 Å². The molecule has 1 amide bonds. The third kappa shape index (κ3) is 8.35. The average Bonchev–Trinajstić information content (AvgIpc) is 3.04. The van der Waals surface area contributed by atoms with E-state index in [0.717, 1.165) is 22.3 Å². The number of ether oxygens (including phenoxy) is 4. The van der Waals surface area contributed by atoms with Crippen LogP contribution in [0.5, 0.6) is 0 Å². The minimum Gasteiger partial charge on any atom is -0.375 e. The molecule has 1 saturated heterocycles. The van der Waals surface area contributed by atoms with Crippen LogP contribution in [0.25, 0.3) is 0 Å². The van der Waals surface area contributed by atoms with E-state index >= 15 is 0 Å². The number of carbonyl (C=O) groups is 1. The molecule has 7 heteroatoms. The van der Waals surface area contributed by atoms with Crippen molar-refractivity contribution in [1.82, 2.24) is 5.32 Å². The summed E-state index contributed by atoms with van der Waals surface area (Å²) in [4.78, 5) is 12.9. The summed E-state index contributed by atoms with van der Waals surface area (Å²) in [5.41, 5.74) is 10.0. The van der Waals surface area contributed by atoms with Crippen molar-refractivity contribution < 1.29 is 23.7 Å². The molecule has 3 N–H and O–H groups in total. The summed E-state index contributed by atoms with van der Waals surface area (Å²) in [6.07, 6.45) is -1.81. The molecule has 1 aliphatic heterocycles. The van der Waals surface area contributed by atoms with E-state index in [-0.39, 0.29) is 12.6 Å². The van der Waals surface area contributed by atoms with Crippen molar-refractivity contribution in [3.63, 3.8) is 0 Å². The Morgan fingerprint density at radius 2 is 0.929 bits per heavy atom. The minimum atomic E-state index is -0.809. The Balaban J connectivity index is 1.41. The van der Waals surface area contributed by atoms with Gasteiger partial charge in [0, 0.05) is 0 Å². The van der Waals surface area contributed by atoms with Crippen LogP contribution < -0.4 is 11.1 Å². The van der Waals surface area contributed by atoms with Crippen molar-refractivity contribution >= 4 is 5.91 Å². The SMILES string of the molecule is NC(=O)[C@H]1N[C@H](COCc2ccccc2)[C@@H](OCc2ccccc2)[C@H](OCc2ccccc2)[C@H]1OCc1ccccc1. The summed E-state index contributed by atoms with van der Waals surface area (Å²) in [5.74, 6) is -0.518. The third-order valence-electron chi connectivity index (χ3n) is 7.34. The first-order chi connectivity index (χ1) is 20.7. The van der Waals surface area contributed by atoms with Crippen molar-refractivity contribution in [2.45, 2.75) is 56.8 Å². The molecule has 0 unspecified atom stereocenters. The Labute approximate surface area is 247 Å². The Morgan fingerprint density at radius 1 is 0.548 bits per heavy atom. The van der Waals surface area contributed by atoms with Crippen LogP contribution in [0.2, 0.25) is 0 Å². The number of nitrogens with two attached hydrogens (primary N) is 1. The van der Waals surface area contributed by atoms with E-state index in [1.54, 1.807) is 0 Å². The highest BCUT2D eigenvalue weighted by molar-refractivity contribution is 5.81. The molecule has 0 aromatic heterocycles. The lowest BCUT2D eigenvalue weighted by Gasteiger charge is -2.46. The van der Waals surface area contributed by atoms with Crippen LogP contribution in [0.4, 0.5) is 0 Å². The molecule has 0 spiro atoms. The number of rotatable bonds is 14. The lowest BCUT2D eigenvalue weighted by atomic mass is 9.89. The van der Waals surface area contributed by atoms with Crippen molar-refractivity contribution in [3.8, 4) is 0 Å². The zero-order chi connectivity index (χ0) is 29.0. The number of hydrogen-bond donors (Lipinski definition) is 2. The molecule has 218 valence electrons. The number of piperidine rings is 1. The molecule has 1 fully saturated rings. The topological polar surface area (TPSA) is 92.0 Å². The van der Waals surface area contributed by atoms with E-state index in [9.17, 15) is 4.79 Å². The zero-order valence-electron chi connectivity index (χ0n) is 23.6. The third-order valence-corrected chi connectivity index (χ3v) is 7.34. The van der Waals surface area contributed by atoms with Gasteiger partial charge in [-0.05, 0) is 22.3 Å². The molecule has 0 radical (unpaired) electrons. The van der Waals surface area contributed by atoms with E-state index in [1.165, 1.54) is 0 Å². The highest BCUT2D eigenvalue weighted by Gasteiger charge is 2.49. The molecule has 1 heterocycles. The number of primary amides is 1. The first-order valence-corrected chi connectivity index (χ1v) is 14.3. The Bertz CT molecular complexity index is 1340. The van der Waals surface area contributed by atoms with Crippen LogP contribution in [0.1, 0.15) is 22.3 Å². The summed E-state index contributed by atoms with van der Waals surface area (Å²) < 4.78 is 25.8. The molecule has 0 saturated carbocycles. The predicted molar refractivity (Wildman–Crippen MR) is 161 cm³/mol. The maximum Gasteiger partial charge on any atom is 0.237 e. The molecule has 0 bridgehead atoms. The second-order valence-corrected chi connectivity index (χ2v) is 10.4. The van der Waals surface area contributed by atoms with E-state index < -0.39 is 30.3 Å². The van der Waals surface area contributed by atoms with Gasteiger partial charge in [0.05, 0.1) is 39.1 Å². The molecule has 4 aromatic carbocycles. The van der Waals surface area contributed by atoms with Gasteiger partial charge in [-0.2, -0.15) is 0 Å². The van der Waals surface area contributed by atoms with Gasteiger partial charge in [0.1, 0.15) is 24.4 Å². The Hall–Kier alpha value is -3.85. The highest BCUT2D eigenvalue weighted by atomic mass is 16.6. The maximum atomic E-state index is 12.9. The minimum absolute atomic E-state index is 0.286. The Morgan fingerprint density at radius 3 is 1.36 bits per heavy atom. The van der Waals surface area contributed by atoms with Gasteiger partial charge in [0.25, 0.3) is 0 Å². The van der Waals surface area contributed by atoms with Crippen LogP contribution in [0.15, 0.2) is 121 Å². The highest BCUT2D eigenvalue weighted by Crippen LogP contribution is 2.27. The number of amides is 1. The first-order valence-electron chi connectivity index (χ1n) is 14.3. The molecule has 5 rings (SSSR count). The molecular weight excluding hydrogens is 528 g/mol. The lowest BCUT2D eigenvalue weighted by Crippen LogP contribution is -2.70. The smallest absolute Gasteiger partial charge is 0.237 e. The number of nitrogens with one attached hydrogen (secondary N) is 1. The van der Waals surface area contributed by atoms with Crippen LogP contribution in [0, 0.1) is 0 Å². The number of hydrogen-bond acceptors (Lipinski definition) is 6. The fraction of sp³-hybridized carbons (Fsp3) is 0.286. The summed E-state index contributed by atoms with van der Waals surface area (Å²) >= 11 is 0. The van der Waals surface area contributed by atoms with E-state index in [2.05, 4.69) is 5.32 Å². The van der Waals surface area contributed by atoms with Crippen molar-refractivity contribution in [1.29, 1.82) is 0 Å².